The van der Waals surface area contributed by atoms with Crippen molar-refractivity contribution in [2.24, 2.45) is 10.9 Å². The first-order valence-electron chi connectivity index (χ1n) is 12.1. The molecule has 6 nitrogen and oxygen atoms in total. The number of hydrogen-bond acceptors (Lipinski definition) is 3. The highest BCUT2D eigenvalue weighted by Crippen LogP contribution is 2.34. The molecule has 4 rings (SSSR count). The Morgan fingerprint density at radius 1 is 1.15 bits per heavy atom. The largest absolute Gasteiger partial charge is 0.326 e. The smallest absolute Gasteiger partial charge is 0.322 e. The standard InChI is InChI=1S/C27H34N4O2/c1-4-5-15-28-24-14-11-21(16-19(24)3)29-26(32)20-9-12-22(13-10-20)31-17-23-18(2)7-6-8-25(23)30-27(31)33/h6-8,11,14-16,20,22H,4-5,9-10,12-13,17H2,1-3H3,(H,29,32)(H,30,33). The van der Waals surface area contributed by atoms with Crippen LogP contribution in [0, 0.1) is 19.8 Å². The van der Waals surface area contributed by atoms with Crippen LogP contribution in [0.4, 0.5) is 21.9 Å². The molecule has 33 heavy (non-hydrogen) atoms. The van der Waals surface area contributed by atoms with Crippen molar-refractivity contribution in [3.8, 4) is 0 Å². The Morgan fingerprint density at radius 2 is 1.94 bits per heavy atom. The van der Waals surface area contributed by atoms with Crippen LogP contribution in [0.1, 0.15) is 62.1 Å². The van der Waals surface area contributed by atoms with E-state index in [1.165, 1.54) is 11.1 Å². The first-order valence-corrected chi connectivity index (χ1v) is 12.1. The van der Waals surface area contributed by atoms with Gasteiger partial charge in [0.25, 0.3) is 0 Å². The van der Waals surface area contributed by atoms with Gasteiger partial charge in [-0.3, -0.25) is 9.79 Å². The Morgan fingerprint density at radius 3 is 2.67 bits per heavy atom. The third kappa shape index (κ3) is 5.27. The van der Waals surface area contributed by atoms with Gasteiger partial charge < -0.3 is 15.5 Å². The van der Waals surface area contributed by atoms with Crippen LogP contribution in [0.15, 0.2) is 41.4 Å². The number of fused-ring (bicyclic) bond motifs is 1. The lowest BCUT2D eigenvalue weighted by Gasteiger charge is -2.39. The molecule has 2 aromatic carbocycles. The third-order valence-corrected chi connectivity index (χ3v) is 6.86. The molecule has 0 spiro atoms. The number of aliphatic imine (C=N–C) groups is 1. The molecule has 1 fully saturated rings. The average Bonchev–Trinajstić information content (AvgIpc) is 2.80. The van der Waals surface area contributed by atoms with Crippen LogP contribution in [0.3, 0.4) is 0 Å². The molecule has 0 bridgehead atoms. The number of aryl methyl sites for hydroxylation is 2. The Balaban J connectivity index is 1.33. The van der Waals surface area contributed by atoms with E-state index in [0.29, 0.717) is 6.54 Å². The fourth-order valence-corrected chi connectivity index (χ4v) is 4.82. The number of carbonyl (C=O) groups excluding carboxylic acids is 2. The van der Waals surface area contributed by atoms with E-state index in [0.717, 1.165) is 61.2 Å². The minimum absolute atomic E-state index is 0.0225. The van der Waals surface area contributed by atoms with E-state index in [4.69, 9.17) is 0 Å². The van der Waals surface area contributed by atoms with E-state index < -0.39 is 0 Å². The number of nitrogens with zero attached hydrogens (tertiary/aromatic N) is 2. The molecule has 0 atom stereocenters. The summed E-state index contributed by atoms with van der Waals surface area (Å²) in [6.45, 7) is 6.87. The zero-order valence-electron chi connectivity index (χ0n) is 19.9. The maximum Gasteiger partial charge on any atom is 0.322 e. The maximum atomic E-state index is 12.9. The molecule has 0 saturated heterocycles. The lowest BCUT2D eigenvalue weighted by atomic mass is 9.84. The molecule has 0 unspecified atom stereocenters. The minimum Gasteiger partial charge on any atom is -0.326 e. The summed E-state index contributed by atoms with van der Waals surface area (Å²) >= 11 is 0. The van der Waals surface area contributed by atoms with Crippen molar-refractivity contribution < 1.29 is 9.59 Å². The van der Waals surface area contributed by atoms with Crippen LogP contribution in [-0.2, 0) is 11.3 Å². The summed E-state index contributed by atoms with van der Waals surface area (Å²) in [5, 5.41) is 6.13. The summed E-state index contributed by atoms with van der Waals surface area (Å²) in [5.74, 6) is 0.0463. The van der Waals surface area contributed by atoms with Gasteiger partial charge in [-0.2, -0.15) is 0 Å². The molecule has 1 heterocycles. The molecule has 2 N–H and O–H groups in total. The zero-order valence-corrected chi connectivity index (χ0v) is 19.9. The molecule has 174 valence electrons. The number of amides is 3. The Bertz CT molecular complexity index is 1050. The van der Waals surface area contributed by atoms with Gasteiger partial charge in [0.2, 0.25) is 5.91 Å². The quantitative estimate of drug-likeness (QED) is 0.507. The highest BCUT2D eigenvalue weighted by atomic mass is 16.2. The minimum atomic E-state index is -0.0295. The number of hydrogen-bond donors (Lipinski definition) is 2. The molecule has 6 heteroatoms. The summed E-state index contributed by atoms with van der Waals surface area (Å²) in [5.41, 5.74) is 6.12. The van der Waals surface area contributed by atoms with Gasteiger partial charge in [0, 0.05) is 29.5 Å². The summed E-state index contributed by atoms with van der Waals surface area (Å²) in [6, 6.07) is 12.0. The van der Waals surface area contributed by atoms with Crippen molar-refractivity contribution in [3.63, 3.8) is 0 Å². The number of carbonyl (C=O) groups is 2. The zero-order chi connectivity index (χ0) is 23.4. The summed E-state index contributed by atoms with van der Waals surface area (Å²) in [7, 11) is 0. The fourth-order valence-electron chi connectivity index (χ4n) is 4.82. The Kier molecular flexibility index (Phi) is 7.11. The molecule has 2 aliphatic rings. The van der Waals surface area contributed by atoms with Gasteiger partial charge in [-0.1, -0.05) is 25.5 Å². The molecule has 0 aromatic heterocycles. The van der Waals surface area contributed by atoms with Crippen molar-refractivity contribution in [3.05, 3.63) is 53.1 Å². The lowest BCUT2D eigenvalue weighted by molar-refractivity contribution is -0.121. The topological polar surface area (TPSA) is 73.8 Å². The van der Waals surface area contributed by atoms with Gasteiger partial charge in [-0.15, -0.1) is 0 Å². The van der Waals surface area contributed by atoms with E-state index in [9.17, 15) is 9.59 Å². The lowest BCUT2D eigenvalue weighted by Crippen LogP contribution is -2.47. The average molecular weight is 447 g/mol. The van der Waals surface area contributed by atoms with Crippen LogP contribution in [0.25, 0.3) is 0 Å². The predicted octanol–water partition coefficient (Wildman–Crippen LogP) is 6.35. The first kappa shape index (κ1) is 23.0. The second-order valence-electron chi connectivity index (χ2n) is 9.26. The van der Waals surface area contributed by atoms with E-state index in [1.807, 2.05) is 48.4 Å². The van der Waals surface area contributed by atoms with E-state index >= 15 is 0 Å². The highest BCUT2D eigenvalue weighted by Gasteiger charge is 2.34. The monoisotopic (exact) mass is 446 g/mol. The number of urea groups is 1. The van der Waals surface area contributed by atoms with Crippen molar-refractivity contribution in [1.82, 2.24) is 4.90 Å². The normalized spacial score (nSPS) is 20.5. The van der Waals surface area contributed by atoms with Crippen LogP contribution in [0.2, 0.25) is 0 Å². The van der Waals surface area contributed by atoms with Crippen molar-refractivity contribution in [2.75, 3.05) is 10.6 Å². The fraction of sp³-hybridized carbons (Fsp3) is 0.444. The second kappa shape index (κ2) is 10.2. The van der Waals surface area contributed by atoms with Gasteiger partial charge in [-0.05, 0) is 86.9 Å². The van der Waals surface area contributed by atoms with Crippen molar-refractivity contribution in [2.45, 2.75) is 71.9 Å². The Hall–Kier alpha value is -3.15. The second-order valence-corrected chi connectivity index (χ2v) is 9.26. The molecular weight excluding hydrogens is 412 g/mol. The van der Waals surface area contributed by atoms with Gasteiger partial charge in [0.1, 0.15) is 0 Å². The number of unbranched alkanes of at least 4 members (excludes halogenated alkanes) is 1. The number of nitrogens with one attached hydrogen (secondary N) is 2. The van der Waals surface area contributed by atoms with Gasteiger partial charge in [0.15, 0.2) is 0 Å². The first-order chi connectivity index (χ1) is 16.0. The van der Waals surface area contributed by atoms with Crippen LogP contribution in [-0.4, -0.2) is 29.1 Å². The van der Waals surface area contributed by atoms with Gasteiger partial charge in [-0.25, -0.2) is 4.79 Å². The third-order valence-electron chi connectivity index (χ3n) is 6.86. The van der Waals surface area contributed by atoms with E-state index in [2.05, 4.69) is 35.5 Å². The van der Waals surface area contributed by atoms with Crippen LogP contribution in [0.5, 0.6) is 0 Å². The van der Waals surface area contributed by atoms with Crippen molar-refractivity contribution in [1.29, 1.82) is 0 Å². The van der Waals surface area contributed by atoms with Crippen LogP contribution >= 0.6 is 0 Å². The molecule has 1 aliphatic heterocycles. The van der Waals surface area contributed by atoms with Gasteiger partial charge >= 0.3 is 6.03 Å². The summed E-state index contributed by atoms with van der Waals surface area (Å²) in [6.07, 6.45) is 7.26. The van der Waals surface area contributed by atoms with E-state index in [1.54, 1.807) is 0 Å². The highest BCUT2D eigenvalue weighted by molar-refractivity contribution is 5.94. The SMILES string of the molecule is CCCC=Nc1ccc(NC(=O)C2CCC(N3Cc4c(C)cccc4NC3=O)CC2)cc1C. The van der Waals surface area contributed by atoms with E-state index in [-0.39, 0.29) is 23.9 Å². The molecule has 1 saturated carbocycles. The molecule has 1 aliphatic carbocycles. The van der Waals surface area contributed by atoms with Gasteiger partial charge in [0.05, 0.1) is 12.2 Å². The predicted molar refractivity (Wildman–Crippen MR) is 134 cm³/mol. The Labute approximate surface area is 196 Å². The number of rotatable bonds is 6. The molecule has 0 radical (unpaired) electrons. The summed E-state index contributed by atoms with van der Waals surface area (Å²) < 4.78 is 0. The number of anilines is 2. The molecule has 2 aromatic rings. The number of benzene rings is 2. The molecular formula is C27H34N4O2. The van der Waals surface area contributed by atoms with Crippen molar-refractivity contribution >= 4 is 35.2 Å². The molecule has 3 amide bonds. The maximum absolute atomic E-state index is 12.9. The summed E-state index contributed by atoms with van der Waals surface area (Å²) in [4.78, 5) is 32.0. The van der Waals surface area contributed by atoms with Crippen LogP contribution < -0.4 is 10.6 Å².